The molecule has 1 saturated heterocycles. The second-order valence-corrected chi connectivity index (χ2v) is 7.28. The largest absolute Gasteiger partial charge is 0.330 e. The fourth-order valence-corrected chi connectivity index (χ4v) is 3.89. The number of benzene rings is 2. The van der Waals surface area contributed by atoms with Gasteiger partial charge in [-0.05, 0) is 31.0 Å². The maximum absolute atomic E-state index is 12.4. The SMILES string of the molecule is Cc1c(NC(=O)CCN2C[C@@H](CN)[C@H](c3ccccc3)C2)cccc1[N+](=O)[O-]. The molecule has 0 aliphatic carbocycles. The van der Waals surface area contributed by atoms with Crippen molar-refractivity contribution < 1.29 is 9.72 Å². The van der Waals surface area contributed by atoms with Crippen LogP contribution in [0.4, 0.5) is 11.4 Å². The van der Waals surface area contributed by atoms with Crippen LogP contribution in [0.5, 0.6) is 0 Å². The van der Waals surface area contributed by atoms with Crippen LogP contribution in [0.25, 0.3) is 0 Å². The molecule has 148 valence electrons. The number of nitro groups is 1. The number of carbonyl (C=O) groups excluding carboxylic acids is 1. The van der Waals surface area contributed by atoms with Gasteiger partial charge in [-0.25, -0.2) is 0 Å². The minimum Gasteiger partial charge on any atom is -0.330 e. The molecule has 0 bridgehead atoms. The highest BCUT2D eigenvalue weighted by Crippen LogP contribution is 2.32. The molecule has 0 radical (unpaired) electrons. The Hall–Kier alpha value is -2.77. The van der Waals surface area contributed by atoms with Gasteiger partial charge in [0, 0.05) is 38.0 Å². The second-order valence-electron chi connectivity index (χ2n) is 7.28. The molecule has 0 aromatic heterocycles. The molecule has 2 aromatic carbocycles. The predicted octanol–water partition coefficient (Wildman–Crippen LogP) is 2.91. The van der Waals surface area contributed by atoms with Crippen molar-refractivity contribution in [1.29, 1.82) is 0 Å². The first kappa shape index (κ1) is 20.0. The van der Waals surface area contributed by atoms with E-state index < -0.39 is 4.92 Å². The molecular weight excluding hydrogens is 356 g/mol. The molecule has 1 heterocycles. The molecule has 0 unspecified atom stereocenters. The van der Waals surface area contributed by atoms with E-state index in [0.29, 0.717) is 42.6 Å². The normalized spacial score (nSPS) is 19.5. The summed E-state index contributed by atoms with van der Waals surface area (Å²) in [4.78, 5) is 25.2. The topological polar surface area (TPSA) is 102 Å². The third kappa shape index (κ3) is 4.55. The van der Waals surface area contributed by atoms with Gasteiger partial charge in [0.05, 0.1) is 16.2 Å². The maximum Gasteiger partial charge on any atom is 0.274 e. The molecule has 0 saturated carbocycles. The zero-order chi connectivity index (χ0) is 20.1. The van der Waals surface area contributed by atoms with E-state index in [9.17, 15) is 14.9 Å². The van der Waals surface area contributed by atoms with Crippen LogP contribution in [0, 0.1) is 23.0 Å². The number of nitrogens with two attached hydrogens (primary N) is 1. The Bertz CT molecular complexity index is 841. The molecule has 2 atom stereocenters. The summed E-state index contributed by atoms with van der Waals surface area (Å²) >= 11 is 0. The molecule has 7 heteroatoms. The lowest BCUT2D eigenvalue weighted by Gasteiger charge is -2.17. The number of amides is 1. The molecule has 2 aromatic rings. The van der Waals surface area contributed by atoms with Crippen LogP contribution in [-0.4, -0.2) is 41.9 Å². The average Bonchev–Trinajstić information content (AvgIpc) is 3.12. The number of likely N-dealkylation sites (tertiary alicyclic amines) is 1. The van der Waals surface area contributed by atoms with Crippen molar-refractivity contribution in [3.8, 4) is 0 Å². The number of rotatable bonds is 7. The molecule has 28 heavy (non-hydrogen) atoms. The van der Waals surface area contributed by atoms with Crippen LogP contribution in [0.1, 0.15) is 23.5 Å². The van der Waals surface area contributed by atoms with E-state index in [2.05, 4.69) is 22.3 Å². The van der Waals surface area contributed by atoms with Gasteiger partial charge in [0.2, 0.25) is 5.91 Å². The summed E-state index contributed by atoms with van der Waals surface area (Å²) in [6.45, 7) is 4.66. The lowest BCUT2D eigenvalue weighted by molar-refractivity contribution is -0.385. The third-order valence-corrected chi connectivity index (χ3v) is 5.48. The zero-order valence-electron chi connectivity index (χ0n) is 16.0. The Morgan fingerprint density at radius 2 is 1.96 bits per heavy atom. The zero-order valence-corrected chi connectivity index (χ0v) is 16.0. The van der Waals surface area contributed by atoms with Crippen LogP contribution in [0.15, 0.2) is 48.5 Å². The van der Waals surface area contributed by atoms with Crippen molar-refractivity contribution in [3.63, 3.8) is 0 Å². The minimum absolute atomic E-state index is 0.00818. The fourth-order valence-electron chi connectivity index (χ4n) is 3.89. The number of nitrogens with zero attached hydrogens (tertiary/aromatic N) is 2. The van der Waals surface area contributed by atoms with Crippen molar-refractivity contribution in [2.75, 3.05) is 31.5 Å². The van der Waals surface area contributed by atoms with Gasteiger partial charge < -0.3 is 16.0 Å². The van der Waals surface area contributed by atoms with Crippen molar-refractivity contribution in [1.82, 2.24) is 4.90 Å². The molecule has 1 fully saturated rings. The third-order valence-electron chi connectivity index (χ3n) is 5.48. The van der Waals surface area contributed by atoms with Gasteiger partial charge in [-0.15, -0.1) is 0 Å². The van der Waals surface area contributed by atoms with Gasteiger partial charge in [0.25, 0.3) is 5.69 Å². The summed E-state index contributed by atoms with van der Waals surface area (Å²) in [6.07, 6.45) is 0.334. The van der Waals surface area contributed by atoms with Crippen molar-refractivity contribution in [3.05, 3.63) is 69.8 Å². The van der Waals surface area contributed by atoms with E-state index in [1.807, 2.05) is 18.2 Å². The van der Waals surface area contributed by atoms with Crippen molar-refractivity contribution in [2.45, 2.75) is 19.3 Å². The van der Waals surface area contributed by atoms with Crippen LogP contribution in [0.3, 0.4) is 0 Å². The van der Waals surface area contributed by atoms with E-state index in [1.54, 1.807) is 19.1 Å². The molecule has 0 spiro atoms. The minimum atomic E-state index is -0.439. The summed E-state index contributed by atoms with van der Waals surface area (Å²) in [5.74, 6) is 0.619. The summed E-state index contributed by atoms with van der Waals surface area (Å²) in [5.41, 5.74) is 8.23. The summed E-state index contributed by atoms with van der Waals surface area (Å²) in [6, 6.07) is 15.1. The Morgan fingerprint density at radius 1 is 1.21 bits per heavy atom. The number of nitrogens with one attached hydrogen (secondary N) is 1. The predicted molar refractivity (Wildman–Crippen MR) is 109 cm³/mol. The highest BCUT2D eigenvalue weighted by molar-refractivity contribution is 5.92. The van der Waals surface area contributed by atoms with E-state index in [0.717, 1.165) is 13.1 Å². The van der Waals surface area contributed by atoms with Crippen LogP contribution in [-0.2, 0) is 4.79 Å². The van der Waals surface area contributed by atoms with Gasteiger partial charge in [-0.2, -0.15) is 0 Å². The lowest BCUT2D eigenvalue weighted by Crippen LogP contribution is -2.27. The first-order valence-electron chi connectivity index (χ1n) is 9.50. The van der Waals surface area contributed by atoms with Gasteiger partial charge in [0.15, 0.2) is 0 Å². The van der Waals surface area contributed by atoms with Crippen LogP contribution in [0.2, 0.25) is 0 Å². The van der Waals surface area contributed by atoms with Gasteiger partial charge in [-0.3, -0.25) is 14.9 Å². The van der Waals surface area contributed by atoms with E-state index in [1.165, 1.54) is 11.6 Å². The van der Waals surface area contributed by atoms with Crippen LogP contribution >= 0.6 is 0 Å². The average molecular weight is 382 g/mol. The monoisotopic (exact) mass is 382 g/mol. The highest BCUT2D eigenvalue weighted by atomic mass is 16.6. The second kappa shape index (κ2) is 8.95. The summed E-state index contributed by atoms with van der Waals surface area (Å²) < 4.78 is 0. The number of hydrogen-bond donors (Lipinski definition) is 2. The smallest absolute Gasteiger partial charge is 0.274 e. The Morgan fingerprint density at radius 3 is 2.64 bits per heavy atom. The van der Waals surface area contributed by atoms with Crippen molar-refractivity contribution in [2.24, 2.45) is 11.7 Å². The Kier molecular flexibility index (Phi) is 6.38. The highest BCUT2D eigenvalue weighted by Gasteiger charge is 2.32. The molecule has 3 rings (SSSR count). The molecular formula is C21H26N4O3. The lowest BCUT2D eigenvalue weighted by atomic mass is 9.89. The standard InChI is InChI=1S/C21H26N4O3/c1-15-19(8-5-9-20(15)25(27)28)23-21(26)10-11-24-13-17(12-22)18(14-24)16-6-3-2-4-7-16/h2-9,17-18H,10-14,22H2,1H3,(H,23,26)/t17-,18+/m1/s1. The molecule has 7 nitrogen and oxygen atoms in total. The summed E-state index contributed by atoms with van der Waals surface area (Å²) in [7, 11) is 0. The van der Waals surface area contributed by atoms with E-state index >= 15 is 0 Å². The van der Waals surface area contributed by atoms with Crippen molar-refractivity contribution >= 4 is 17.3 Å². The molecule has 1 aliphatic heterocycles. The fraction of sp³-hybridized carbons (Fsp3) is 0.381. The van der Waals surface area contributed by atoms with E-state index in [4.69, 9.17) is 5.73 Å². The van der Waals surface area contributed by atoms with E-state index in [-0.39, 0.29) is 11.6 Å². The van der Waals surface area contributed by atoms with Gasteiger partial charge >= 0.3 is 0 Å². The Labute approximate surface area is 164 Å². The molecule has 3 N–H and O–H groups in total. The number of nitro benzene ring substituents is 1. The maximum atomic E-state index is 12.4. The van der Waals surface area contributed by atoms with Gasteiger partial charge in [-0.1, -0.05) is 36.4 Å². The first-order chi connectivity index (χ1) is 13.5. The Balaban J connectivity index is 1.57. The number of hydrogen-bond acceptors (Lipinski definition) is 5. The number of carbonyl (C=O) groups is 1. The summed E-state index contributed by atoms with van der Waals surface area (Å²) in [5, 5.41) is 13.8. The molecule has 1 aliphatic rings. The van der Waals surface area contributed by atoms with Gasteiger partial charge in [0.1, 0.15) is 0 Å². The van der Waals surface area contributed by atoms with Crippen LogP contribution < -0.4 is 11.1 Å². The molecule has 1 amide bonds. The first-order valence-corrected chi connectivity index (χ1v) is 9.50. The number of anilines is 1. The quantitative estimate of drug-likeness (QED) is 0.566.